The molecule has 2 heterocycles. The van der Waals surface area contributed by atoms with Crippen LogP contribution in [0, 0.1) is 0 Å². The minimum Gasteiger partial charge on any atom is -2.00 e. The Morgan fingerprint density at radius 3 is 1.50 bits per heavy atom. The summed E-state index contributed by atoms with van der Waals surface area (Å²) in [6.45, 7) is 0. The van der Waals surface area contributed by atoms with Crippen LogP contribution in [0.15, 0.2) is 36.7 Å². The first-order chi connectivity index (χ1) is 7.47. The number of hydrogen-bond donors (Lipinski definition) is 2. The van der Waals surface area contributed by atoms with Gasteiger partial charge in [0, 0.05) is 30.9 Å². The van der Waals surface area contributed by atoms with Crippen molar-refractivity contribution in [3.8, 4) is 11.4 Å². The second-order valence-electron chi connectivity index (χ2n) is 2.17. The Morgan fingerprint density at radius 2 is 1.21 bits per heavy atom. The van der Waals surface area contributed by atoms with Crippen molar-refractivity contribution in [1.29, 1.82) is 0 Å². The van der Waals surface area contributed by atoms with Crippen LogP contribution >= 0.6 is 0 Å². The number of rotatable bonds is 1. The van der Waals surface area contributed by atoms with Crippen molar-refractivity contribution >= 4 is 0 Å². The SMILES string of the molecule is O.O.O.O.O.O.[NH4+].[O-2].[O-][O-].[O-][O-].[V].c1ccc(-c2cc[nH]n2)nc1. The van der Waals surface area contributed by atoms with E-state index in [9.17, 15) is 0 Å². The van der Waals surface area contributed by atoms with E-state index in [1.165, 1.54) is 0 Å². The number of quaternary nitrogens is 1. The summed E-state index contributed by atoms with van der Waals surface area (Å²) in [5, 5.41) is 34.7. The van der Waals surface area contributed by atoms with E-state index in [2.05, 4.69) is 15.2 Å². The fraction of sp³-hybridized carbons (Fsp3) is 0. The molecule has 0 aliphatic carbocycles. The number of hydrogen-bond acceptors (Lipinski definition) is 6. The maximum Gasteiger partial charge on any atom is 0.110 e. The Morgan fingerprint density at radius 1 is 0.750 bits per heavy atom. The largest absolute Gasteiger partial charge is 2.00 e. The van der Waals surface area contributed by atoms with Crippen LogP contribution in [-0.4, -0.2) is 48.0 Å². The molecule has 0 aromatic carbocycles. The monoisotopic (exact) mass is 402 g/mol. The van der Waals surface area contributed by atoms with Crippen LogP contribution in [0.4, 0.5) is 0 Å². The smallest absolute Gasteiger partial charge is 0.110 e. The van der Waals surface area contributed by atoms with Crippen molar-refractivity contribution in [2.75, 3.05) is 0 Å². The van der Waals surface area contributed by atoms with Crippen LogP contribution < -0.4 is 27.2 Å². The maximum absolute atomic E-state index is 7.00. The third-order valence-corrected chi connectivity index (χ3v) is 1.43. The normalized spacial score (nSPS) is 5.00. The van der Waals surface area contributed by atoms with Gasteiger partial charge in [0.1, 0.15) is 5.69 Å². The number of nitrogens with one attached hydrogen (secondary N) is 1. The summed E-state index contributed by atoms with van der Waals surface area (Å²) in [4.78, 5) is 4.14. The van der Waals surface area contributed by atoms with E-state index in [0.717, 1.165) is 11.4 Å². The average Bonchev–Trinajstić information content (AvgIpc) is 2.89. The van der Waals surface area contributed by atoms with Crippen LogP contribution in [0.25, 0.3) is 11.4 Å². The van der Waals surface area contributed by atoms with Crippen molar-refractivity contribution in [3.05, 3.63) is 36.7 Å². The van der Waals surface area contributed by atoms with Gasteiger partial charge in [-0.15, -0.1) is 0 Å². The van der Waals surface area contributed by atoms with E-state index in [-0.39, 0.29) is 63.0 Å². The first kappa shape index (κ1) is 66.6. The Kier molecular flexibility index (Phi) is 138. The molecule has 0 saturated heterocycles. The van der Waals surface area contributed by atoms with Crippen LogP contribution in [0.2, 0.25) is 0 Å². The van der Waals surface area contributed by atoms with Crippen LogP contribution in [0.1, 0.15) is 0 Å². The number of H-pyrrole nitrogens is 1. The summed E-state index contributed by atoms with van der Waals surface area (Å²) in [5.74, 6) is 0. The molecule has 0 atom stereocenters. The molecular weight excluding hydrogens is 379 g/mol. The van der Waals surface area contributed by atoms with Crippen LogP contribution in [0.5, 0.6) is 0 Å². The van der Waals surface area contributed by atoms with Crippen molar-refractivity contribution in [2.45, 2.75) is 0 Å². The minimum absolute atomic E-state index is 0. The van der Waals surface area contributed by atoms with Crippen LogP contribution in [-0.2, 0) is 24.0 Å². The first-order valence-corrected chi connectivity index (χ1v) is 3.71. The maximum atomic E-state index is 7.00. The molecule has 0 unspecified atom stereocenters. The molecule has 0 amide bonds. The first-order valence-electron chi connectivity index (χ1n) is 3.71. The van der Waals surface area contributed by atoms with Gasteiger partial charge in [-0.3, -0.25) is 10.1 Å². The molecule has 2 aromatic heterocycles. The topological polar surface area (TPSA) is 388 Å². The van der Waals surface area contributed by atoms with E-state index < -0.39 is 0 Å². The summed E-state index contributed by atoms with van der Waals surface area (Å²) >= 11 is 0. The fourth-order valence-corrected chi connectivity index (χ4v) is 0.917. The summed E-state index contributed by atoms with van der Waals surface area (Å²) in [5.41, 5.74) is 1.78. The quantitative estimate of drug-likeness (QED) is 0.344. The summed E-state index contributed by atoms with van der Waals surface area (Å²) in [7, 11) is 0. The van der Waals surface area contributed by atoms with Crippen LogP contribution in [0.3, 0.4) is 0 Å². The van der Waals surface area contributed by atoms with Gasteiger partial charge in [-0.2, -0.15) is 5.10 Å². The molecule has 0 aliphatic heterocycles. The van der Waals surface area contributed by atoms with Gasteiger partial charge in [0.25, 0.3) is 0 Å². The van der Waals surface area contributed by atoms with Crippen molar-refractivity contribution in [2.24, 2.45) is 0 Å². The zero-order valence-corrected chi connectivity index (χ0v) is 13.7. The Hall–Kier alpha value is -1.54. The molecule has 2 aromatic rings. The Labute approximate surface area is 148 Å². The predicted molar refractivity (Wildman–Crippen MR) is 70.2 cm³/mol. The number of aromatic amines is 1. The van der Waals surface area contributed by atoms with Gasteiger partial charge in [-0.25, -0.2) is 0 Å². The second kappa shape index (κ2) is 49.6. The molecule has 1 radical (unpaired) electrons. The van der Waals surface area contributed by atoms with E-state index in [4.69, 9.17) is 21.0 Å². The molecule has 16 heteroatoms. The number of aromatic nitrogens is 3. The average molecular weight is 402 g/mol. The van der Waals surface area contributed by atoms with Gasteiger partial charge in [0.05, 0.1) is 5.69 Å². The fourth-order valence-electron chi connectivity index (χ4n) is 0.917. The van der Waals surface area contributed by atoms with Gasteiger partial charge in [-0.05, 0) is 18.2 Å². The Balaban J connectivity index is -0.0000000177. The van der Waals surface area contributed by atoms with E-state index in [1.54, 1.807) is 12.4 Å². The predicted octanol–water partition coefficient (Wildman–Crippen LogP) is -7.98. The molecular formula is C8H23N4O11V-5. The molecule has 0 spiro atoms. The Bertz CT molecular complexity index is 343. The van der Waals surface area contributed by atoms with Crippen molar-refractivity contribution in [1.82, 2.24) is 21.3 Å². The second-order valence-corrected chi connectivity index (χ2v) is 2.17. The molecule has 0 aliphatic rings. The van der Waals surface area contributed by atoms with Crippen molar-refractivity contribution < 1.29 is 77.9 Å². The van der Waals surface area contributed by atoms with Gasteiger partial charge < -0.3 is 65.5 Å². The molecule has 2 rings (SSSR count). The number of nitrogens with zero attached hydrogens (tertiary/aromatic N) is 2. The molecule has 15 nitrogen and oxygen atoms in total. The standard InChI is InChI=1S/C8H7N3.H3N.2O2.6H2O.O.V/c1-2-5-9-7(3-1)8-4-6-10-11-8;;2*1-2;;;;;;;;/h1-6H,(H,10,11);1H3;;;6*1H2;;/q;;2*-2;;;;;;;-2;/p+1. The molecule has 0 bridgehead atoms. The molecule has 24 heavy (non-hydrogen) atoms. The minimum atomic E-state index is 0. The van der Waals surface area contributed by atoms with E-state index in [1.807, 2.05) is 24.3 Å². The molecule has 151 valence electrons. The number of pyridine rings is 1. The summed E-state index contributed by atoms with van der Waals surface area (Å²) < 4.78 is 0. The van der Waals surface area contributed by atoms with Gasteiger partial charge in [0.2, 0.25) is 0 Å². The van der Waals surface area contributed by atoms with Gasteiger partial charge >= 0.3 is 0 Å². The third kappa shape index (κ3) is 25.4. The molecule has 0 saturated carbocycles. The van der Waals surface area contributed by atoms with Crippen molar-refractivity contribution in [3.63, 3.8) is 0 Å². The molecule has 17 N–H and O–H groups in total. The molecule has 0 fully saturated rings. The summed E-state index contributed by atoms with van der Waals surface area (Å²) in [6.07, 6.45) is 3.54. The third-order valence-electron chi connectivity index (χ3n) is 1.43. The summed E-state index contributed by atoms with van der Waals surface area (Å²) in [6, 6.07) is 7.64. The zero-order chi connectivity index (χ0) is 11.5. The van der Waals surface area contributed by atoms with E-state index in [0.29, 0.717) is 0 Å². The van der Waals surface area contributed by atoms with Gasteiger partial charge in [0.15, 0.2) is 0 Å². The zero-order valence-electron chi connectivity index (χ0n) is 12.3. The van der Waals surface area contributed by atoms with Gasteiger partial charge in [-0.1, -0.05) is 6.07 Å². The van der Waals surface area contributed by atoms with E-state index >= 15 is 0 Å².